The standard InChI is InChI=1S/C33H30O2/c1-34-30-13-8-14-31(35-2)33(30)29-18-16-24(21-22-9-4-3-5-10-22)26-19-20-27-25-12-7-6-11-23(25)15-17-28(27)32(26)29/h3-14,17,19-20,24H,15-16,18,21H2,1-2H3. The van der Waals surface area contributed by atoms with E-state index < -0.39 is 0 Å². The Morgan fingerprint density at radius 2 is 1.49 bits per heavy atom. The number of hydrogen-bond donors (Lipinski definition) is 0. The molecule has 0 amide bonds. The molecule has 2 aliphatic carbocycles. The van der Waals surface area contributed by atoms with Crippen LogP contribution in [0, 0.1) is 0 Å². The highest BCUT2D eigenvalue weighted by Crippen LogP contribution is 2.40. The van der Waals surface area contributed by atoms with Crippen molar-refractivity contribution in [1.82, 2.24) is 0 Å². The van der Waals surface area contributed by atoms with E-state index in [1.165, 1.54) is 43.8 Å². The zero-order valence-corrected chi connectivity index (χ0v) is 20.4. The van der Waals surface area contributed by atoms with Gasteiger partial charge in [-0.3, -0.25) is 0 Å². The molecule has 0 aliphatic heterocycles. The molecule has 0 heterocycles. The van der Waals surface area contributed by atoms with Crippen molar-refractivity contribution in [2.75, 3.05) is 14.2 Å². The van der Waals surface area contributed by atoms with Gasteiger partial charge in [0.2, 0.25) is 0 Å². The summed E-state index contributed by atoms with van der Waals surface area (Å²) in [5.41, 5.74) is 9.35. The van der Waals surface area contributed by atoms with Gasteiger partial charge in [-0.1, -0.05) is 78.9 Å². The molecule has 1 unspecified atom stereocenters. The van der Waals surface area contributed by atoms with Crippen LogP contribution in [0.25, 0.3) is 22.8 Å². The van der Waals surface area contributed by atoms with Gasteiger partial charge in [-0.05, 0) is 87.6 Å². The topological polar surface area (TPSA) is 18.5 Å². The van der Waals surface area contributed by atoms with E-state index >= 15 is 0 Å². The molecule has 0 spiro atoms. The van der Waals surface area contributed by atoms with Gasteiger partial charge in [0.1, 0.15) is 11.5 Å². The minimum absolute atomic E-state index is 0.479. The van der Waals surface area contributed by atoms with E-state index in [1.807, 2.05) is 6.07 Å². The Hall–Kier alpha value is -3.78. The first-order valence-electron chi connectivity index (χ1n) is 12.5. The van der Waals surface area contributed by atoms with Crippen molar-refractivity contribution in [2.45, 2.75) is 31.6 Å². The molecule has 0 bridgehead atoms. The average molecular weight is 459 g/mol. The fourth-order valence-corrected chi connectivity index (χ4v) is 6.04. The van der Waals surface area contributed by atoms with Gasteiger partial charge in [-0.2, -0.15) is 0 Å². The highest BCUT2D eigenvalue weighted by molar-refractivity contribution is 5.80. The maximum atomic E-state index is 5.87. The molecule has 35 heavy (non-hydrogen) atoms. The summed E-state index contributed by atoms with van der Waals surface area (Å²) in [5, 5.41) is 2.74. The van der Waals surface area contributed by atoms with Gasteiger partial charge < -0.3 is 9.47 Å². The molecule has 2 aliphatic rings. The van der Waals surface area contributed by atoms with Crippen LogP contribution in [0.1, 0.15) is 41.0 Å². The third-order valence-corrected chi connectivity index (χ3v) is 7.65. The van der Waals surface area contributed by atoms with Crippen LogP contribution in [-0.4, -0.2) is 14.2 Å². The number of hydrogen-bond acceptors (Lipinski definition) is 2. The maximum Gasteiger partial charge on any atom is 0.130 e. The van der Waals surface area contributed by atoms with Crippen LogP contribution < -0.4 is 19.9 Å². The number of ether oxygens (including phenoxy) is 2. The molecule has 2 nitrogen and oxygen atoms in total. The third-order valence-electron chi connectivity index (χ3n) is 7.65. The van der Waals surface area contributed by atoms with Gasteiger partial charge in [-0.15, -0.1) is 0 Å². The molecule has 4 aromatic carbocycles. The first-order valence-corrected chi connectivity index (χ1v) is 12.5. The van der Waals surface area contributed by atoms with Gasteiger partial charge in [0, 0.05) is 0 Å². The predicted octanol–water partition coefficient (Wildman–Crippen LogP) is 6.03. The first kappa shape index (κ1) is 21.7. The summed E-state index contributed by atoms with van der Waals surface area (Å²) in [6.45, 7) is 0. The van der Waals surface area contributed by atoms with Gasteiger partial charge in [0.25, 0.3) is 0 Å². The summed E-state index contributed by atoms with van der Waals surface area (Å²) in [4.78, 5) is 0. The monoisotopic (exact) mass is 458 g/mol. The Morgan fingerprint density at radius 3 is 2.26 bits per heavy atom. The molecule has 174 valence electrons. The van der Waals surface area contributed by atoms with Gasteiger partial charge in [0.05, 0.1) is 19.8 Å². The highest BCUT2D eigenvalue weighted by Gasteiger charge is 2.27. The van der Waals surface area contributed by atoms with E-state index in [1.54, 1.807) is 14.2 Å². The molecule has 0 saturated carbocycles. The van der Waals surface area contributed by atoms with Crippen LogP contribution in [-0.2, 0) is 12.8 Å². The predicted molar refractivity (Wildman–Crippen MR) is 143 cm³/mol. The van der Waals surface area contributed by atoms with E-state index in [9.17, 15) is 0 Å². The second-order valence-electron chi connectivity index (χ2n) is 9.50. The minimum Gasteiger partial charge on any atom is -0.496 e. The summed E-state index contributed by atoms with van der Waals surface area (Å²) >= 11 is 0. The molecule has 0 fully saturated rings. The average Bonchev–Trinajstić information content (AvgIpc) is 2.93. The number of rotatable bonds is 5. The van der Waals surface area contributed by atoms with Crippen molar-refractivity contribution in [1.29, 1.82) is 0 Å². The van der Waals surface area contributed by atoms with Crippen LogP contribution >= 0.6 is 0 Å². The van der Waals surface area contributed by atoms with Crippen molar-refractivity contribution in [3.05, 3.63) is 118 Å². The summed E-state index contributed by atoms with van der Waals surface area (Å²) in [7, 11) is 3.51. The normalized spacial score (nSPS) is 15.9. The Bertz CT molecular complexity index is 1490. The first-order chi connectivity index (χ1) is 17.3. The minimum atomic E-state index is 0.479. The van der Waals surface area contributed by atoms with E-state index in [0.717, 1.165) is 42.7 Å². The molecule has 0 aromatic heterocycles. The lowest BCUT2D eigenvalue weighted by Crippen LogP contribution is -2.38. The highest BCUT2D eigenvalue weighted by atomic mass is 16.5. The van der Waals surface area contributed by atoms with E-state index in [0.29, 0.717) is 5.92 Å². The molecular weight excluding hydrogens is 428 g/mol. The SMILES string of the molecule is COc1cccc(OC)c1C1=c2c(ccc3c2=CCc2ccccc2-3)C(Cc2ccccc2)CC1. The maximum absolute atomic E-state index is 5.87. The molecule has 4 aromatic rings. The Balaban J connectivity index is 1.66. The largest absolute Gasteiger partial charge is 0.496 e. The van der Waals surface area contributed by atoms with Crippen LogP contribution in [0.3, 0.4) is 0 Å². The molecule has 0 N–H and O–H groups in total. The van der Waals surface area contributed by atoms with Crippen molar-refractivity contribution in [2.24, 2.45) is 0 Å². The quantitative estimate of drug-likeness (QED) is 0.364. The Kier molecular flexibility index (Phi) is 5.66. The van der Waals surface area contributed by atoms with E-state index in [4.69, 9.17) is 9.47 Å². The lowest BCUT2D eigenvalue weighted by atomic mass is 9.76. The Labute approximate surface area is 207 Å². The fraction of sp³-hybridized carbons (Fsp3) is 0.212. The smallest absolute Gasteiger partial charge is 0.130 e. The van der Waals surface area contributed by atoms with E-state index in [2.05, 4.69) is 84.9 Å². The zero-order valence-electron chi connectivity index (χ0n) is 20.4. The summed E-state index contributed by atoms with van der Waals surface area (Å²) in [5.74, 6) is 2.23. The lowest BCUT2D eigenvalue weighted by Gasteiger charge is -2.29. The van der Waals surface area contributed by atoms with Crippen molar-refractivity contribution < 1.29 is 9.47 Å². The second-order valence-corrected chi connectivity index (χ2v) is 9.50. The second kappa shape index (κ2) is 9.11. The van der Waals surface area contributed by atoms with Crippen LogP contribution in [0.2, 0.25) is 0 Å². The molecule has 2 heteroatoms. The van der Waals surface area contributed by atoms with Gasteiger partial charge >= 0.3 is 0 Å². The molecular formula is C33H30O2. The van der Waals surface area contributed by atoms with Gasteiger partial charge in [-0.25, -0.2) is 0 Å². The summed E-state index contributed by atoms with van der Waals surface area (Å²) in [6.07, 6.45) is 6.54. The fourth-order valence-electron chi connectivity index (χ4n) is 6.04. The molecule has 0 radical (unpaired) electrons. The van der Waals surface area contributed by atoms with Crippen LogP contribution in [0.5, 0.6) is 11.5 Å². The van der Waals surface area contributed by atoms with Crippen LogP contribution in [0.15, 0.2) is 84.9 Å². The number of fused-ring (bicyclic) bond motifs is 5. The number of methoxy groups -OCH3 is 2. The van der Waals surface area contributed by atoms with Crippen molar-refractivity contribution in [3.8, 4) is 22.6 Å². The molecule has 1 atom stereocenters. The van der Waals surface area contributed by atoms with Gasteiger partial charge in [0.15, 0.2) is 0 Å². The molecule has 0 saturated heterocycles. The van der Waals surface area contributed by atoms with Crippen molar-refractivity contribution >= 4 is 11.6 Å². The summed E-state index contributed by atoms with van der Waals surface area (Å²) < 4.78 is 11.7. The van der Waals surface area contributed by atoms with E-state index in [-0.39, 0.29) is 0 Å². The van der Waals surface area contributed by atoms with Crippen LogP contribution in [0.4, 0.5) is 0 Å². The van der Waals surface area contributed by atoms with Crippen molar-refractivity contribution in [3.63, 3.8) is 0 Å². The third kappa shape index (κ3) is 3.74. The molecule has 6 rings (SSSR count). The summed E-state index contributed by atoms with van der Waals surface area (Å²) in [6, 6.07) is 30.6. The zero-order chi connectivity index (χ0) is 23.8. The number of benzene rings is 4. The lowest BCUT2D eigenvalue weighted by molar-refractivity contribution is 0.391. The Morgan fingerprint density at radius 1 is 0.743 bits per heavy atom.